The maximum absolute atomic E-state index is 12.1. The van der Waals surface area contributed by atoms with Crippen molar-refractivity contribution >= 4 is 50.5 Å². The number of carbonyl (C=O) groups excluding carboxylic acids is 1. The van der Waals surface area contributed by atoms with Gasteiger partial charge in [-0.05, 0) is 40.2 Å². The largest absolute Gasteiger partial charge is 0.347 e. The molecule has 0 saturated carbocycles. The maximum atomic E-state index is 12.1. The summed E-state index contributed by atoms with van der Waals surface area (Å²) in [7, 11) is 0. The summed E-state index contributed by atoms with van der Waals surface area (Å²) in [5.41, 5.74) is 3.44. The number of carbonyl (C=O) groups is 1. The van der Waals surface area contributed by atoms with Crippen molar-refractivity contribution in [3.8, 4) is 0 Å². The van der Waals surface area contributed by atoms with E-state index in [0.717, 1.165) is 9.35 Å². The molecule has 0 bridgehead atoms. The van der Waals surface area contributed by atoms with Crippen LogP contribution in [0, 0.1) is 0 Å². The van der Waals surface area contributed by atoms with Crippen LogP contribution in [0.5, 0.6) is 0 Å². The predicted molar refractivity (Wildman–Crippen MR) is 82.5 cm³/mol. The van der Waals surface area contributed by atoms with E-state index in [2.05, 4.69) is 26.7 Å². The van der Waals surface area contributed by atoms with E-state index in [0.29, 0.717) is 22.8 Å². The third-order valence-electron chi connectivity index (χ3n) is 2.43. The fraction of sp³-hybridized carbons (Fsp3) is 0.0833. The zero-order chi connectivity index (χ0) is 13.8. The summed E-state index contributed by atoms with van der Waals surface area (Å²) in [6.45, 7) is 0.464. The zero-order valence-corrected chi connectivity index (χ0v) is 12.9. The van der Waals surface area contributed by atoms with Crippen LogP contribution >= 0.6 is 38.9 Å². The number of nitrogens with two attached hydrogens (primary N) is 1. The molecule has 2 rings (SSSR count). The molecular formula is C12H11BrClN3OS. The first kappa shape index (κ1) is 14.3. The highest BCUT2D eigenvalue weighted by atomic mass is 79.9. The SMILES string of the molecule is NNc1ccc(Cl)cc1C(=O)NCc1cc(Br)cs1. The smallest absolute Gasteiger partial charge is 0.253 e. The molecule has 19 heavy (non-hydrogen) atoms. The number of thiophene rings is 1. The molecule has 0 radical (unpaired) electrons. The summed E-state index contributed by atoms with van der Waals surface area (Å²) in [5.74, 6) is 5.15. The minimum absolute atomic E-state index is 0.222. The van der Waals surface area contributed by atoms with E-state index in [-0.39, 0.29) is 5.91 Å². The normalized spacial score (nSPS) is 10.3. The number of hydrogen-bond donors (Lipinski definition) is 3. The van der Waals surface area contributed by atoms with Gasteiger partial charge in [0.1, 0.15) is 0 Å². The van der Waals surface area contributed by atoms with Crippen LogP contribution in [0.15, 0.2) is 34.1 Å². The molecular weight excluding hydrogens is 350 g/mol. The monoisotopic (exact) mass is 359 g/mol. The number of rotatable bonds is 4. The van der Waals surface area contributed by atoms with E-state index in [4.69, 9.17) is 17.4 Å². The third-order valence-corrected chi connectivity index (χ3v) is 4.36. The Kier molecular flexibility index (Phi) is 4.81. The molecule has 1 aromatic carbocycles. The van der Waals surface area contributed by atoms with Crippen LogP contribution < -0.4 is 16.6 Å². The molecule has 0 aliphatic rings. The molecule has 0 saturated heterocycles. The summed E-state index contributed by atoms with van der Waals surface area (Å²) < 4.78 is 1.01. The highest BCUT2D eigenvalue weighted by Crippen LogP contribution is 2.21. The lowest BCUT2D eigenvalue weighted by Crippen LogP contribution is -2.24. The van der Waals surface area contributed by atoms with Crippen molar-refractivity contribution in [2.45, 2.75) is 6.54 Å². The Morgan fingerprint density at radius 3 is 2.84 bits per heavy atom. The summed E-state index contributed by atoms with van der Waals surface area (Å²) in [6.07, 6.45) is 0. The van der Waals surface area contributed by atoms with E-state index in [1.807, 2.05) is 11.4 Å². The van der Waals surface area contributed by atoms with Crippen LogP contribution in [-0.2, 0) is 6.54 Å². The Morgan fingerprint density at radius 2 is 2.21 bits per heavy atom. The molecule has 0 spiro atoms. The van der Waals surface area contributed by atoms with Gasteiger partial charge in [-0.3, -0.25) is 10.6 Å². The van der Waals surface area contributed by atoms with Crippen molar-refractivity contribution in [2.75, 3.05) is 5.43 Å². The molecule has 1 aromatic heterocycles. The Morgan fingerprint density at radius 1 is 1.42 bits per heavy atom. The van der Waals surface area contributed by atoms with Crippen molar-refractivity contribution in [3.05, 3.63) is 49.6 Å². The predicted octanol–water partition coefficient (Wildman–Crippen LogP) is 3.38. The van der Waals surface area contributed by atoms with Gasteiger partial charge in [-0.15, -0.1) is 11.3 Å². The molecule has 2 aromatic rings. The molecule has 1 heterocycles. The van der Waals surface area contributed by atoms with Crippen molar-refractivity contribution in [2.24, 2.45) is 5.84 Å². The van der Waals surface area contributed by atoms with E-state index in [9.17, 15) is 4.79 Å². The van der Waals surface area contributed by atoms with Gasteiger partial charge in [0.25, 0.3) is 5.91 Å². The average molecular weight is 361 g/mol. The Hall–Kier alpha value is -1.08. The fourth-order valence-corrected chi connectivity index (χ4v) is 3.10. The first-order valence-corrected chi connectivity index (χ1v) is 7.42. The molecule has 0 unspecified atom stereocenters. The van der Waals surface area contributed by atoms with Crippen LogP contribution in [0.3, 0.4) is 0 Å². The highest BCUT2D eigenvalue weighted by molar-refractivity contribution is 9.10. The first-order valence-electron chi connectivity index (χ1n) is 5.37. The molecule has 0 atom stereocenters. The van der Waals surface area contributed by atoms with E-state index < -0.39 is 0 Å². The van der Waals surface area contributed by atoms with Gasteiger partial charge in [-0.25, -0.2) is 0 Å². The molecule has 7 heteroatoms. The number of hydrazine groups is 1. The highest BCUT2D eigenvalue weighted by Gasteiger charge is 2.11. The number of benzene rings is 1. The number of anilines is 1. The summed E-state index contributed by atoms with van der Waals surface area (Å²) in [6, 6.07) is 6.88. The molecule has 4 nitrogen and oxygen atoms in total. The van der Waals surface area contributed by atoms with Gasteiger partial charge >= 0.3 is 0 Å². The topological polar surface area (TPSA) is 67.1 Å². The minimum atomic E-state index is -0.222. The number of nitrogens with one attached hydrogen (secondary N) is 2. The quantitative estimate of drug-likeness (QED) is 0.578. The molecule has 0 fully saturated rings. The third kappa shape index (κ3) is 3.70. The van der Waals surface area contributed by atoms with Gasteiger partial charge in [0.15, 0.2) is 0 Å². The van der Waals surface area contributed by atoms with Gasteiger partial charge in [0.2, 0.25) is 0 Å². The molecule has 100 valence electrons. The summed E-state index contributed by atoms with van der Waals surface area (Å²) >= 11 is 10.8. The average Bonchev–Trinajstić information content (AvgIpc) is 2.81. The molecule has 1 amide bonds. The zero-order valence-electron chi connectivity index (χ0n) is 9.74. The van der Waals surface area contributed by atoms with E-state index in [1.165, 1.54) is 0 Å². The van der Waals surface area contributed by atoms with Crippen LogP contribution in [0.4, 0.5) is 5.69 Å². The first-order chi connectivity index (χ1) is 9.10. The maximum Gasteiger partial charge on any atom is 0.253 e. The van der Waals surface area contributed by atoms with E-state index >= 15 is 0 Å². The Balaban J connectivity index is 2.09. The fourth-order valence-electron chi connectivity index (χ4n) is 1.54. The van der Waals surface area contributed by atoms with Crippen LogP contribution in [0.1, 0.15) is 15.2 Å². The van der Waals surface area contributed by atoms with Gasteiger partial charge in [-0.2, -0.15) is 0 Å². The number of halogens is 2. The van der Waals surface area contributed by atoms with Crippen molar-refractivity contribution < 1.29 is 4.79 Å². The number of nitrogen functional groups attached to an aromatic ring is 1. The van der Waals surface area contributed by atoms with Crippen molar-refractivity contribution in [1.29, 1.82) is 0 Å². The lowest BCUT2D eigenvalue weighted by molar-refractivity contribution is 0.0952. The van der Waals surface area contributed by atoms with Gasteiger partial charge in [-0.1, -0.05) is 11.6 Å². The van der Waals surface area contributed by atoms with Crippen LogP contribution in [-0.4, -0.2) is 5.91 Å². The van der Waals surface area contributed by atoms with Crippen LogP contribution in [0.25, 0.3) is 0 Å². The second kappa shape index (κ2) is 6.38. The Labute approximate surface area is 128 Å². The lowest BCUT2D eigenvalue weighted by Gasteiger charge is -2.09. The molecule has 4 N–H and O–H groups in total. The standard InChI is InChI=1S/C12H11BrClN3OS/c13-7-3-9(19-6-7)5-16-12(18)10-4-8(14)1-2-11(10)17-15/h1-4,6,17H,5,15H2,(H,16,18). The van der Waals surface area contributed by atoms with Crippen molar-refractivity contribution in [1.82, 2.24) is 5.32 Å². The second-order valence-electron chi connectivity index (χ2n) is 3.75. The molecule has 0 aliphatic carbocycles. The lowest BCUT2D eigenvalue weighted by atomic mass is 10.1. The van der Waals surface area contributed by atoms with Gasteiger partial charge in [0, 0.05) is 19.8 Å². The summed E-state index contributed by atoms with van der Waals surface area (Å²) in [4.78, 5) is 13.1. The number of hydrogen-bond acceptors (Lipinski definition) is 4. The Bertz CT molecular complexity index is 602. The van der Waals surface area contributed by atoms with Crippen LogP contribution in [0.2, 0.25) is 5.02 Å². The van der Waals surface area contributed by atoms with Gasteiger partial charge in [0.05, 0.1) is 17.8 Å². The van der Waals surface area contributed by atoms with E-state index in [1.54, 1.807) is 29.5 Å². The second-order valence-corrected chi connectivity index (χ2v) is 6.10. The minimum Gasteiger partial charge on any atom is -0.347 e. The van der Waals surface area contributed by atoms with Crippen molar-refractivity contribution in [3.63, 3.8) is 0 Å². The number of amides is 1. The van der Waals surface area contributed by atoms with Gasteiger partial charge < -0.3 is 10.7 Å². The molecule has 0 aliphatic heterocycles. The summed E-state index contributed by atoms with van der Waals surface area (Å²) in [5, 5.41) is 5.28.